The van der Waals surface area contributed by atoms with E-state index in [0.717, 1.165) is 44.5 Å². The Balaban J connectivity index is 1.20. The Morgan fingerprint density at radius 3 is 2.30 bits per heavy atom. The second-order valence-corrected chi connectivity index (χ2v) is 15.5. The van der Waals surface area contributed by atoms with E-state index < -0.39 is 24.1 Å². The number of nitriles is 1. The summed E-state index contributed by atoms with van der Waals surface area (Å²) in [6, 6.07) is 21.0. The zero-order chi connectivity index (χ0) is 43.6. The minimum absolute atomic E-state index is 0.104. The number of aliphatic hydroxyl groups excluding tert-OH is 2. The van der Waals surface area contributed by atoms with Crippen LogP contribution in [0.25, 0.3) is 28.2 Å². The van der Waals surface area contributed by atoms with Gasteiger partial charge in [0.25, 0.3) is 0 Å². The molecular formula is C45H44Cl2N6O8. The van der Waals surface area contributed by atoms with Gasteiger partial charge in [-0.15, -0.1) is 5.10 Å². The van der Waals surface area contributed by atoms with Crippen molar-refractivity contribution in [3.63, 3.8) is 0 Å². The first-order valence-corrected chi connectivity index (χ1v) is 20.2. The summed E-state index contributed by atoms with van der Waals surface area (Å²) in [4.78, 5) is 30.8. The molecule has 0 unspecified atom stereocenters. The Labute approximate surface area is 362 Å². The van der Waals surface area contributed by atoms with Crippen molar-refractivity contribution in [2.75, 3.05) is 6.54 Å². The van der Waals surface area contributed by atoms with Gasteiger partial charge in [0, 0.05) is 48.9 Å². The number of fused-ring (bicyclic) bond motifs is 1. The molecule has 316 valence electrons. The van der Waals surface area contributed by atoms with Crippen LogP contribution in [0.4, 0.5) is 0 Å². The van der Waals surface area contributed by atoms with Crippen LogP contribution in [0.3, 0.4) is 0 Å². The minimum Gasteiger partial charge on any atom is -0.488 e. The maximum Gasteiger partial charge on any atom is 0.306 e. The highest BCUT2D eigenvalue weighted by Gasteiger charge is 2.19. The normalized spacial score (nSPS) is 12.2. The number of halogens is 2. The van der Waals surface area contributed by atoms with Crippen LogP contribution >= 0.6 is 23.2 Å². The number of benzene rings is 3. The van der Waals surface area contributed by atoms with Crippen molar-refractivity contribution in [2.45, 2.75) is 77.9 Å². The number of aliphatic carboxylic acids is 2. The molecule has 14 nitrogen and oxygen atoms in total. The Morgan fingerprint density at radius 1 is 0.836 bits per heavy atom. The number of hydrogen-bond acceptors (Lipinski definition) is 11. The van der Waals surface area contributed by atoms with Crippen LogP contribution in [0.2, 0.25) is 10.0 Å². The van der Waals surface area contributed by atoms with Gasteiger partial charge in [-0.05, 0) is 90.3 Å². The average molecular weight is 868 g/mol. The lowest BCUT2D eigenvalue weighted by Crippen LogP contribution is -2.28. The van der Waals surface area contributed by atoms with Crippen molar-refractivity contribution >= 4 is 40.8 Å². The van der Waals surface area contributed by atoms with Crippen LogP contribution in [0, 0.1) is 25.2 Å². The zero-order valence-corrected chi connectivity index (χ0v) is 34.9. The number of carbonyl (C=O) groups is 2. The number of aromatic nitrogens is 4. The lowest BCUT2D eigenvalue weighted by Gasteiger charge is -2.18. The standard InChI is InChI=1S/C45H44Cl2N6O8/c1-26-32(25-61-41-17-40(60-24-30-12-28(18-48)19-49-21-30)31(14-38(41)46)6-3-8-33(54)15-42(56)57)7-4-9-35(26)36-10-5-11-37(27(36)2)44-51-45-39(47)13-29(23-53(45)52-44)20-50-22-34(55)16-43(58)59/h4-5,7,9-14,17,19,21,23,33-34,50,54-55H,3,6,8,15-16,20,22,24-25H2,1-2H3,(H,56,57)(H,58,59)/t33-,34+/m1/s1. The van der Waals surface area contributed by atoms with E-state index in [-0.39, 0.29) is 39.0 Å². The first kappa shape index (κ1) is 44.5. The fraction of sp³-hybridized carbons (Fsp3) is 0.289. The first-order valence-electron chi connectivity index (χ1n) is 19.5. The Hall–Kier alpha value is -6.08. The lowest BCUT2D eigenvalue weighted by molar-refractivity contribution is -0.140. The summed E-state index contributed by atoms with van der Waals surface area (Å²) < 4.78 is 14.2. The fourth-order valence-electron chi connectivity index (χ4n) is 6.96. The number of aryl methyl sites for hydroxylation is 1. The second kappa shape index (κ2) is 20.5. The highest BCUT2D eigenvalue weighted by atomic mass is 35.5. The predicted octanol–water partition coefficient (Wildman–Crippen LogP) is 7.50. The zero-order valence-electron chi connectivity index (χ0n) is 33.4. The summed E-state index contributed by atoms with van der Waals surface area (Å²) in [5, 5.41) is 55.8. The molecule has 0 amide bonds. The van der Waals surface area contributed by atoms with E-state index in [1.165, 1.54) is 6.20 Å². The number of carboxylic acid groups (broad SMARTS) is 2. The molecule has 61 heavy (non-hydrogen) atoms. The quantitative estimate of drug-likeness (QED) is 0.0504. The monoisotopic (exact) mass is 866 g/mol. The third kappa shape index (κ3) is 11.6. The SMILES string of the molecule is Cc1c(COc2cc(OCc3cncc(C#N)c3)c(CCC[C@@H](O)CC(=O)O)cc2Cl)cccc1-c1cccc(-c2nc3c(Cl)cc(CNC[C@@H](O)CC(=O)O)cn3n2)c1C. The smallest absolute Gasteiger partial charge is 0.306 e. The molecule has 0 aliphatic rings. The van der Waals surface area contributed by atoms with Crippen molar-refractivity contribution in [1.29, 1.82) is 5.26 Å². The number of rotatable bonds is 20. The van der Waals surface area contributed by atoms with E-state index in [2.05, 4.69) is 16.4 Å². The van der Waals surface area contributed by atoms with E-state index in [1.54, 1.807) is 41.2 Å². The van der Waals surface area contributed by atoms with Gasteiger partial charge in [0.1, 0.15) is 30.8 Å². The number of carboxylic acids is 2. The molecule has 6 rings (SSSR count). The number of ether oxygens (including phenoxy) is 2. The van der Waals surface area contributed by atoms with Gasteiger partial charge in [-0.1, -0.05) is 59.6 Å². The van der Waals surface area contributed by atoms with Gasteiger partial charge in [-0.25, -0.2) is 9.50 Å². The van der Waals surface area contributed by atoms with E-state index in [1.807, 2.05) is 50.2 Å². The number of nitrogens with one attached hydrogen (secondary N) is 1. The van der Waals surface area contributed by atoms with Gasteiger partial charge in [-0.2, -0.15) is 5.26 Å². The first-order chi connectivity index (χ1) is 29.3. The van der Waals surface area contributed by atoms with Crippen LogP contribution in [0.15, 0.2) is 79.3 Å². The van der Waals surface area contributed by atoms with Crippen molar-refractivity contribution in [3.05, 3.63) is 128 Å². The molecule has 3 aromatic heterocycles. The molecule has 0 spiro atoms. The lowest BCUT2D eigenvalue weighted by atomic mass is 9.91. The molecule has 0 aliphatic heterocycles. The number of nitrogens with zero attached hydrogens (tertiary/aromatic N) is 5. The van der Waals surface area contributed by atoms with Crippen LogP contribution in [-0.2, 0) is 35.8 Å². The molecule has 0 saturated carbocycles. The molecule has 0 saturated heterocycles. The minimum atomic E-state index is -1.07. The molecule has 0 fully saturated rings. The van der Waals surface area contributed by atoms with Gasteiger partial charge >= 0.3 is 11.9 Å². The van der Waals surface area contributed by atoms with Gasteiger partial charge in [-0.3, -0.25) is 14.6 Å². The summed E-state index contributed by atoms with van der Waals surface area (Å²) in [6.45, 7) is 4.79. The van der Waals surface area contributed by atoms with Crippen molar-refractivity contribution in [3.8, 4) is 40.1 Å². The maximum atomic E-state index is 11.0. The molecule has 0 aliphatic carbocycles. The van der Waals surface area contributed by atoms with Gasteiger partial charge in [0.05, 0.1) is 40.7 Å². The number of pyridine rings is 2. The molecule has 6 aromatic rings. The highest BCUT2D eigenvalue weighted by Crippen LogP contribution is 2.37. The highest BCUT2D eigenvalue weighted by molar-refractivity contribution is 6.33. The van der Waals surface area contributed by atoms with E-state index in [0.29, 0.717) is 63.5 Å². The predicted molar refractivity (Wildman–Crippen MR) is 229 cm³/mol. The van der Waals surface area contributed by atoms with E-state index in [9.17, 15) is 25.1 Å². The molecule has 16 heteroatoms. The second-order valence-electron chi connectivity index (χ2n) is 14.7. The topological polar surface area (TPSA) is 212 Å². The van der Waals surface area contributed by atoms with Gasteiger partial charge in [0.15, 0.2) is 11.5 Å². The van der Waals surface area contributed by atoms with Gasteiger partial charge in [0.2, 0.25) is 0 Å². The summed E-state index contributed by atoms with van der Waals surface area (Å²) in [5.74, 6) is -0.764. The molecule has 0 radical (unpaired) electrons. The third-order valence-corrected chi connectivity index (χ3v) is 10.7. The van der Waals surface area contributed by atoms with Crippen molar-refractivity contribution in [2.24, 2.45) is 0 Å². The Kier molecular flexibility index (Phi) is 14.9. The van der Waals surface area contributed by atoms with Gasteiger partial charge < -0.3 is 35.2 Å². The molecule has 5 N–H and O–H groups in total. The fourth-order valence-corrected chi connectivity index (χ4v) is 7.47. The summed E-state index contributed by atoms with van der Waals surface area (Å²) in [6.07, 6.45) is 3.42. The molecule has 0 bridgehead atoms. The van der Waals surface area contributed by atoms with Crippen LogP contribution in [0.5, 0.6) is 11.5 Å². The number of aliphatic hydroxyl groups is 2. The van der Waals surface area contributed by atoms with Crippen LogP contribution in [-0.4, -0.2) is 70.7 Å². The number of hydrogen-bond donors (Lipinski definition) is 5. The summed E-state index contributed by atoms with van der Waals surface area (Å²) in [7, 11) is 0. The van der Waals surface area contributed by atoms with E-state index >= 15 is 0 Å². The largest absolute Gasteiger partial charge is 0.488 e. The molecule has 2 atom stereocenters. The third-order valence-electron chi connectivity index (χ3n) is 10.1. The van der Waals surface area contributed by atoms with Crippen LogP contribution < -0.4 is 14.8 Å². The molecule has 3 aromatic carbocycles. The van der Waals surface area contributed by atoms with Crippen molar-refractivity contribution < 1.29 is 39.5 Å². The van der Waals surface area contributed by atoms with Crippen molar-refractivity contribution in [1.82, 2.24) is 24.9 Å². The van der Waals surface area contributed by atoms with E-state index in [4.69, 9.17) is 53.0 Å². The average Bonchev–Trinajstić information content (AvgIpc) is 3.65. The summed E-state index contributed by atoms with van der Waals surface area (Å²) >= 11 is 13.4. The van der Waals surface area contributed by atoms with Crippen LogP contribution in [0.1, 0.15) is 64.6 Å². The Bertz CT molecular complexity index is 2590. The Morgan fingerprint density at radius 2 is 1.54 bits per heavy atom. The molecule has 3 heterocycles. The summed E-state index contributed by atoms with van der Waals surface area (Å²) in [5.41, 5.74) is 8.77. The molecular weight excluding hydrogens is 823 g/mol. The maximum absolute atomic E-state index is 11.0.